The lowest BCUT2D eigenvalue weighted by molar-refractivity contribution is -0.167. The van der Waals surface area contributed by atoms with Gasteiger partial charge in [0.05, 0.1) is 18.2 Å². The number of carbonyl (C=O) groups is 6. The number of hydrogen-bond donors (Lipinski definition) is 7. The Morgan fingerprint density at radius 3 is 2.40 bits per heavy atom. The first-order valence-corrected chi connectivity index (χ1v) is 14.9. The van der Waals surface area contributed by atoms with E-state index >= 15 is 0 Å². The second-order valence-corrected chi connectivity index (χ2v) is 13.0. The molecule has 7 N–H and O–H groups in total. The summed E-state index contributed by atoms with van der Waals surface area (Å²) in [6.07, 6.45) is -2.22. The highest BCUT2D eigenvalue weighted by Gasteiger charge is 2.49. The Bertz CT molecular complexity index is 1270. The number of aliphatic hydroxyl groups is 3. The van der Waals surface area contributed by atoms with Crippen molar-refractivity contribution in [2.24, 2.45) is 5.10 Å². The van der Waals surface area contributed by atoms with Crippen molar-refractivity contribution in [2.75, 3.05) is 19.8 Å². The monoisotopic (exact) mass is 658 g/mol. The van der Waals surface area contributed by atoms with Crippen LogP contribution >= 0.6 is 11.6 Å². The van der Waals surface area contributed by atoms with Crippen LogP contribution in [0.3, 0.4) is 0 Å². The largest absolute Gasteiger partial charge is 0.454 e. The lowest BCUT2D eigenvalue weighted by Crippen LogP contribution is -2.72. The minimum absolute atomic E-state index is 0.0298. The van der Waals surface area contributed by atoms with Crippen LogP contribution in [0.25, 0.3) is 0 Å². The summed E-state index contributed by atoms with van der Waals surface area (Å²) in [5, 5.41) is 41.4. The molecule has 250 valence electrons. The second kappa shape index (κ2) is 13.1. The number of halogens is 1. The van der Waals surface area contributed by atoms with Gasteiger partial charge < -0.3 is 30.7 Å². The first kappa shape index (κ1) is 34.5. The van der Waals surface area contributed by atoms with E-state index in [0.29, 0.717) is 11.4 Å². The normalized spacial score (nSPS) is 37.0. The fourth-order valence-electron chi connectivity index (χ4n) is 5.43. The number of nitrogens with one attached hydrogen (secondary N) is 4. The zero-order chi connectivity index (χ0) is 33.4. The molecule has 5 amide bonds. The maximum absolute atomic E-state index is 14.1. The molecule has 19 heteroatoms. The van der Waals surface area contributed by atoms with Gasteiger partial charge in [0.2, 0.25) is 11.8 Å². The Morgan fingerprint density at radius 1 is 1.04 bits per heavy atom. The summed E-state index contributed by atoms with van der Waals surface area (Å²) in [6.45, 7) is 4.17. The molecular weight excluding hydrogens is 620 g/mol. The van der Waals surface area contributed by atoms with Crippen LogP contribution in [0.2, 0.25) is 0 Å². The number of hydrazine groups is 2. The van der Waals surface area contributed by atoms with Crippen LogP contribution in [0.15, 0.2) is 5.10 Å². The van der Waals surface area contributed by atoms with Crippen molar-refractivity contribution in [1.29, 1.82) is 0 Å². The van der Waals surface area contributed by atoms with Gasteiger partial charge in [-0.3, -0.25) is 34.0 Å². The predicted molar refractivity (Wildman–Crippen MR) is 153 cm³/mol. The first-order chi connectivity index (χ1) is 21.0. The van der Waals surface area contributed by atoms with Gasteiger partial charge >= 0.3 is 5.97 Å². The Balaban J connectivity index is 1.76. The van der Waals surface area contributed by atoms with Crippen LogP contribution in [0.4, 0.5) is 0 Å². The fourth-order valence-corrected chi connectivity index (χ4v) is 5.67. The van der Waals surface area contributed by atoms with Gasteiger partial charge in [-0.2, -0.15) is 5.10 Å². The molecule has 45 heavy (non-hydrogen) atoms. The van der Waals surface area contributed by atoms with E-state index < -0.39 is 102 Å². The van der Waals surface area contributed by atoms with Crippen LogP contribution < -0.4 is 21.5 Å². The minimum Gasteiger partial charge on any atom is -0.454 e. The van der Waals surface area contributed by atoms with Gasteiger partial charge in [0, 0.05) is 12.1 Å². The number of hydrogen-bond acceptors (Lipinski definition) is 13. The van der Waals surface area contributed by atoms with E-state index in [-0.39, 0.29) is 19.4 Å². The third-order valence-electron chi connectivity index (χ3n) is 8.14. The van der Waals surface area contributed by atoms with Crippen molar-refractivity contribution in [3.8, 4) is 0 Å². The molecular formula is C26H39ClN8O10. The van der Waals surface area contributed by atoms with E-state index in [0.717, 1.165) is 23.2 Å². The highest BCUT2D eigenvalue weighted by molar-refractivity contribution is 6.21. The number of rotatable bonds is 1. The van der Waals surface area contributed by atoms with E-state index in [1.807, 2.05) is 0 Å². The fraction of sp³-hybridized carbons (Fsp3) is 0.731. The van der Waals surface area contributed by atoms with Crippen molar-refractivity contribution < 1.29 is 48.8 Å². The molecule has 4 aliphatic rings. The number of cyclic esters (lactones) is 1. The average molecular weight is 659 g/mol. The number of aliphatic hydroxyl groups excluding tert-OH is 3. The topological polar surface area (TPSA) is 243 Å². The van der Waals surface area contributed by atoms with Gasteiger partial charge in [0.15, 0.2) is 18.2 Å². The highest BCUT2D eigenvalue weighted by atomic mass is 35.5. The molecule has 4 aliphatic heterocycles. The molecule has 0 spiro atoms. The number of nitrogens with zero attached hydrogens (tertiary/aromatic N) is 4. The summed E-state index contributed by atoms with van der Waals surface area (Å²) in [6, 6.07) is -5.66. The SMILES string of the molecule is C[C@@H]1NC(=O)[C@@H]2[C@H](O)[C@H](O)C=NN2C(=O)COC(=O)[C@](C)(CO)NC(=O)[C@@H]2CCC(C)(C)NN2C(=O)[C@H]2C[C@H](Cl)CNN2C1=O. The maximum Gasteiger partial charge on any atom is 0.334 e. The van der Waals surface area contributed by atoms with Crippen molar-refractivity contribution in [1.82, 2.24) is 36.5 Å². The Morgan fingerprint density at radius 2 is 1.73 bits per heavy atom. The summed E-state index contributed by atoms with van der Waals surface area (Å²) in [5.41, 5.74) is 3.09. The minimum atomic E-state index is -2.08. The van der Waals surface area contributed by atoms with Crippen molar-refractivity contribution in [3.05, 3.63) is 0 Å². The van der Waals surface area contributed by atoms with E-state index in [2.05, 4.69) is 26.6 Å². The van der Waals surface area contributed by atoms with E-state index in [1.165, 1.54) is 6.92 Å². The number of ether oxygens (including phenoxy) is 1. The summed E-state index contributed by atoms with van der Waals surface area (Å²) in [5.74, 6) is -5.71. The summed E-state index contributed by atoms with van der Waals surface area (Å²) in [4.78, 5) is 81.0. The van der Waals surface area contributed by atoms with Crippen molar-refractivity contribution in [3.63, 3.8) is 0 Å². The molecule has 0 radical (unpaired) electrons. The Kier molecular flexibility index (Phi) is 10.1. The van der Waals surface area contributed by atoms with Gasteiger partial charge in [-0.05, 0) is 47.0 Å². The van der Waals surface area contributed by atoms with Crippen LogP contribution in [-0.2, 0) is 33.5 Å². The zero-order valence-corrected chi connectivity index (χ0v) is 26.0. The lowest BCUT2D eigenvalue weighted by Gasteiger charge is -2.47. The maximum atomic E-state index is 14.1. The first-order valence-electron chi connectivity index (χ1n) is 14.4. The van der Waals surface area contributed by atoms with Crippen molar-refractivity contribution in [2.45, 2.75) is 99.8 Å². The Hall–Kier alpha value is -3.42. The molecule has 4 heterocycles. The number of amides is 5. The number of esters is 1. The molecule has 4 rings (SSSR count). The molecule has 0 saturated carbocycles. The third-order valence-corrected chi connectivity index (χ3v) is 8.47. The van der Waals surface area contributed by atoms with Gasteiger partial charge in [0.1, 0.15) is 30.3 Å². The molecule has 0 aromatic rings. The molecule has 0 aromatic carbocycles. The third kappa shape index (κ3) is 7.05. The molecule has 18 nitrogen and oxygen atoms in total. The number of hydrazone groups is 1. The standard InChI is InChI=1S/C26H39ClN8O10/c1-12-22(42)33-15(7-13(27)8-28-33)23(43)34-14(5-6-25(2,3)32-34)20(40)31-26(4,11-36)24(44)45-10-17(38)35-18(21(41)30-12)19(39)16(37)9-29-35/h9,12-16,18-19,28,32,36-37,39H,5-8,10-11H2,1-4H3,(H,30,41)(H,31,40)/t12-,13-,14-,15+,16+,18-,19+,26-/m0/s1. The lowest BCUT2D eigenvalue weighted by atomic mass is 9.91. The van der Waals surface area contributed by atoms with Crippen LogP contribution in [-0.4, -0.2) is 145 Å². The van der Waals surface area contributed by atoms with Crippen LogP contribution in [0, 0.1) is 0 Å². The van der Waals surface area contributed by atoms with Gasteiger partial charge in [-0.25, -0.2) is 20.7 Å². The summed E-state index contributed by atoms with van der Waals surface area (Å²) in [7, 11) is 0. The van der Waals surface area contributed by atoms with Crippen LogP contribution in [0.1, 0.15) is 47.0 Å². The van der Waals surface area contributed by atoms with Crippen molar-refractivity contribution >= 4 is 53.3 Å². The number of fused-ring (bicyclic) bond motifs is 3. The van der Waals surface area contributed by atoms with E-state index in [4.69, 9.17) is 16.3 Å². The molecule has 0 unspecified atom stereocenters. The van der Waals surface area contributed by atoms with E-state index in [1.54, 1.807) is 13.8 Å². The number of alkyl halides is 1. The molecule has 0 bridgehead atoms. The Labute approximate surface area is 263 Å². The molecule has 3 saturated heterocycles. The van der Waals surface area contributed by atoms with Gasteiger partial charge in [-0.15, -0.1) is 11.6 Å². The molecule has 3 fully saturated rings. The smallest absolute Gasteiger partial charge is 0.334 e. The average Bonchev–Trinajstić information content (AvgIpc) is 2.98. The van der Waals surface area contributed by atoms with Gasteiger partial charge in [-0.1, -0.05) is 0 Å². The molecule has 0 aliphatic carbocycles. The summed E-state index contributed by atoms with van der Waals surface area (Å²) >= 11 is 6.39. The van der Waals surface area contributed by atoms with Crippen LogP contribution in [0.5, 0.6) is 0 Å². The van der Waals surface area contributed by atoms with Gasteiger partial charge in [0.25, 0.3) is 17.7 Å². The van der Waals surface area contributed by atoms with E-state index in [9.17, 15) is 44.1 Å². The predicted octanol–water partition coefficient (Wildman–Crippen LogP) is -4.18. The molecule has 0 aromatic heterocycles. The zero-order valence-electron chi connectivity index (χ0n) is 25.2. The highest BCUT2D eigenvalue weighted by Crippen LogP contribution is 2.27. The number of carbonyl (C=O) groups excluding carboxylic acids is 6. The quantitative estimate of drug-likeness (QED) is 0.105. The summed E-state index contributed by atoms with van der Waals surface area (Å²) < 4.78 is 5.08. The molecule has 8 atom stereocenters. The second-order valence-electron chi connectivity index (χ2n) is 12.4.